The van der Waals surface area contributed by atoms with E-state index >= 15 is 0 Å². The molecule has 0 aromatic heterocycles. The number of hydrazone groups is 1. The number of hydrogen-bond donors (Lipinski definition) is 1. The van der Waals surface area contributed by atoms with Crippen LogP contribution in [0.2, 0.25) is 0 Å². The van der Waals surface area contributed by atoms with E-state index in [0.29, 0.717) is 11.3 Å². The van der Waals surface area contributed by atoms with E-state index in [4.69, 9.17) is 4.74 Å². The van der Waals surface area contributed by atoms with Crippen LogP contribution < -0.4 is 10.2 Å². The molecule has 3 rings (SSSR count). The maximum absolute atomic E-state index is 12.3. The van der Waals surface area contributed by atoms with E-state index in [2.05, 4.69) is 10.5 Å². The Morgan fingerprint density at radius 3 is 2.58 bits per heavy atom. The summed E-state index contributed by atoms with van der Waals surface area (Å²) in [6.07, 6.45) is 1.54. The molecule has 0 saturated heterocycles. The average Bonchev–Trinajstić information content (AvgIpc) is 2.69. The molecule has 3 aromatic rings. The molecule has 5 nitrogen and oxygen atoms in total. The van der Waals surface area contributed by atoms with Gasteiger partial charge in [-0.1, -0.05) is 60.7 Å². The highest BCUT2D eigenvalue weighted by molar-refractivity contribution is 6.02. The highest BCUT2D eigenvalue weighted by Gasteiger charge is 2.19. The molecule has 0 saturated carbocycles. The van der Waals surface area contributed by atoms with Crippen molar-refractivity contribution in [3.8, 4) is 11.8 Å². The van der Waals surface area contributed by atoms with Gasteiger partial charge >= 0.3 is 0 Å². The summed E-state index contributed by atoms with van der Waals surface area (Å²) in [6.45, 7) is 0. The van der Waals surface area contributed by atoms with Crippen LogP contribution in [0.4, 0.5) is 0 Å². The molecular formula is C21H17N3O2. The number of benzene rings is 3. The Hall–Kier alpha value is -3.65. The van der Waals surface area contributed by atoms with Crippen molar-refractivity contribution >= 4 is 22.9 Å². The molecule has 5 heteroatoms. The summed E-state index contributed by atoms with van der Waals surface area (Å²) in [4.78, 5) is 12.3. The van der Waals surface area contributed by atoms with Gasteiger partial charge in [0.1, 0.15) is 5.75 Å². The summed E-state index contributed by atoms with van der Waals surface area (Å²) in [5.74, 6) is -0.737. The van der Waals surface area contributed by atoms with Gasteiger partial charge in [-0.25, -0.2) is 5.43 Å². The van der Waals surface area contributed by atoms with Crippen molar-refractivity contribution in [1.29, 1.82) is 5.26 Å². The fourth-order valence-corrected chi connectivity index (χ4v) is 2.74. The Labute approximate surface area is 151 Å². The molecule has 1 N–H and O–H groups in total. The van der Waals surface area contributed by atoms with E-state index in [9.17, 15) is 10.1 Å². The molecule has 1 atom stereocenters. The lowest BCUT2D eigenvalue weighted by atomic mass is 10.0. The lowest BCUT2D eigenvalue weighted by Gasteiger charge is -2.09. The number of methoxy groups -OCH3 is 1. The molecule has 0 radical (unpaired) electrons. The highest BCUT2D eigenvalue weighted by Crippen LogP contribution is 2.26. The zero-order valence-corrected chi connectivity index (χ0v) is 14.2. The Bertz CT molecular complexity index is 991. The van der Waals surface area contributed by atoms with Gasteiger partial charge in [-0.15, -0.1) is 0 Å². The molecule has 0 fully saturated rings. The molecule has 1 amide bonds. The Balaban J connectivity index is 1.84. The van der Waals surface area contributed by atoms with E-state index in [1.165, 1.54) is 0 Å². The maximum Gasteiger partial charge on any atom is 0.261 e. The Morgan fingerprint density at radius 2 is 1.85 bits per heavy atom. The molecular weight excluding hydrogens is 326 g/mol. The SMILES string of the molecule is COc1ccc2ccccc2c1/C=N\NC(=O)[C@@H](C#N)c1ccccc1. The minimum absolute atomic E-state index is 0.478. The van der Waals surface area contributed by atoms with Crippen LogP contribution in [-0.2, 0) is 4.79 Å². The maximum atomic E-state index is 12.3. The number of fused-ring (bicyclic) bond motifs is 1. The average molecular weight is 343 g/mol. The number of ether oxygens (including phenoxy) is 1. The first kappa shape index (κ1) is 17.2. The summed E-state index contributed by atoms with van der Waals surface area (Å²) in [7, 11) is 1.58. The molecule has 0 unspecified atom stereocenters. The van der Waals surface area contributed by atoms with Gasteiger partial charge in [-0.05, 0) is 22.4 Å². The number of carbonyl (C=O) groups is 1. The predicted molar refractivity (Wildman–Crippen MR) is 101 cm³/mol. The van der Waals surface area contributed by atoms with E-state index in [1.807, 2.05) is 48.5 Å². The predicted octanol–water partition coefficient (Wildman–Crippen LogP) is 3.61. The van der Waals surface area contributed by atoms with Crippen LogP contribution in [0.15, 0.2) is 71.8 Å². The van der Waals surface area contributed by atoms with E-state index in [-0.39, 0.29) is 0 Å². The summed E-state index contributed by atoms with van der Waals surface area (Å²) in [6, 6.07) is 22.6. The largest absolute Gasteiger partial charge is 0.496 e. The second kappa shape index (κ2) is 7.95. The smallest absolute Gasteiger partial charge is 0.261 e. The Kier molecular flexibility index (Phi) is 5.25. The van der Waals surface area contributed by atoms with Gasteiger partial charge in [0, 0.05) is 5.56 Å². The molecule has 0 spiro atoms. The first-order chi connectivity index (χ1) is 12.7. The van der Waals surface area contributed by atoms with Gasteiger partial charge in [-0.3, -0.25) is 4.79 Å². The van der Waals surface area contributed by atoms with Gasteiger partial charge in [0.15, 0.2) is 5.92 Å². The lowest BCUT2D eigenvalue weighted by molar-refractivity contribution is -0.121. The quantitative estimate of drug-likeness (QED) is 0.568. The van der Waals surface area contributed by atoms with Crippen LogP contribution in [0.25, 0.3) is 10.8 Å². The van der Waals surface area contributed by atoms with Crippen LogP contribution in [0, 0.1) is 11.3 Å². The number of carbonyl (C=O) groups excluding carboxylic acids is 1. The van der Waals surface area contributed by atoms with Crippen LogP contribution in [-0.4, -0.2) is 19.2 Å². The fourth-order valence-electron chi connectivity index (χ4n) is 2.74. The molecule has 26 heavy (non-hydrogen) atoms. The van der Waals surface area contributed by atoms with Gasteiger partial charge < -0.3 is 4.74 Å². The first-order valence-corrected chi connectivity index (χ1v) is 8.08. The van der Waals surface area contributed by atoms with Gasteiger partial charge in [0.25, 0.3) is 5.91 Å². The minimum Gasteiger partial charge on any atom is -0.496 e. The first-order valence-electron chi connectivity index (χ1n) is 8.08. The third-order valence-electron chi connectivity index (χ3n) is 4.04. The van der Waals surface area contributed by atoms with Crippen molar-refractivity contribution in [3.63, 3.8) is 0 Å². The van der Waals surface area contributed by atoms with E-state index < -0.39 is 11.8 Å². The topological polar surface area (TPSA) is 74.5 Å². The van der Waals surface area contributed by atoms with Crippen molar-refractivity contribution in [2.45, 2.75) is 5.92 Å². The summed E-state index contributed by atoms with van der Waals surface area (Å²) < 4.78 is 5.39. The van der Waals surface area contributed by atoms with Gasteiger partial charge in [0.05, 0.1) is 19.4 Å². The number of hydrogen-bond acceptors (Lipinski definition) is 4. The van der Waals surface area contributed by atoms with Crippen molar-refractivity contribution in [1.82, 2.24) is 5.43 Å². The number of rotatable bonds is 5. The number of nitrogens with one attached hydrogen (secondary N) is 1. The molecule has 0 bridgehead atoms. The zero-order valence-electron chi connectivity index (χ0n) is 14.2. The van der Waals surface area contributed by atoms with Gasteiger partial charge in [0.2, 0.25) is 0 Å². The normalized spacial score (nSPS) is 11.8. The zero-order chi connectivity index (χ0) is 18.4. The van der Waals surface area contributed by atoms with E-state index in [0.717, 1.165) is 16.3 Å². The second-order valence-corrected chi connectivity index (χ2v) is 5.61. The summed E-state index contributed by atoms with van der Waals surface area (Å²) in [5, 5.41) is 15.4. The van der Waals surface area contributed by atoms with Crippen molar-refractivity contribution < 1.29 is 9.53 Å². The Morgan fingerprint density at radius 1 is 1.12 bits per heavy atom. The van der Waals surface area contributed by atoms with Crippen LogP contribution in [0.5, 0.6) is 5.75 Å². The molecule has 3 aromatic carbocycles. The molecule has 128 valence electrons. The van der Waals surface area contributed by atoms with Gasteiger partial charge in [-0.2, -0.15) is 10.4 Å². The monoisotopic (exact) mass is 343 g/mol. The number of amides is 1. The summed E-state index contributed by atoms with van der Waals surface area (Å²) >= 11 is 0. The summed E-state index contributed by atoms with van der Waals surface area (Å²) in [5.41, 5.74) is 3.84. The fraction of sp³-hybridized carbons (Fsp3) is 0.0952. The third kappa shape index (κ3) is 3.55. The molecule has 0 aliphatic carbocycles. The number of nitrogens with zero attached hydrogens (tertiary/aromatic N) is 2. The van der Waals surface area contributed by atoms with Crippen LogP contribution >= 0.6 is 0 Å². The standard InChI is InChI=1S/C21H17N3O2/c1-26-20-12-11-16-9-5-6-10-17(16)19(20)14-23-24-21(25)18(13-22)15-7-3-2-4-8-15/h2-12,14,18H,1H3,(H,24,25)/b23-14-/t18-/m0/s1. The molecule has 0 aliphatic heterocycles. The van der Waals surface area contributed by atoms with E-state index in [1.54, 1.807) is 37.6 Å². The molecule has 0 aliphatic rings. The number of nitriles is 1. The lowest BCUT2D eigenvalue weighted by Crippen LogP contribution is -2.24. The highest BCUT2D eigenvalue weighted by atomic mass is 16.5. The van der Waals surface area contributed by atoms with Crippen LogP contribution in [0.3, 0.4) is 0 Å². The van der Waals surface area contributed by atoms with Crippen molar-refractivity contribution in [2.24, 2.45) is 5.10 Å². The molecule has 0 heterocycles. The van der Waals surface area contributed by atoms with Crippen LogP contribution in [0.1, 0.15) is 17.0 Å². The second-order valence-electron chi connectivity index (χ2n) is 5.61. The third-order valence-corrected chi connectivity index (χ3v) is 4.04. The van der Waals surface area contributed by atoms with Crippen molar-refractivity contribution in [2.75, 3.05) is 7.11 Å². The minimum atomic E-state index is -0.914. The van der Waals surface area contributed by atoms with Crippen molar-refractivity contribution in [3.05, 3.63) is 77.9 Å².